The number of hydrogen-bond acceptors (Lipinski definition) is 6. The molecular weight excluding hydrogens is 482 g/mol. The van der Waals surface area contributed by atoms with Gasteiger partial charge < -0.3 is 25.0 Å². The van der Waals surface area contributed by atoms with Gasteiger partial charge in [-0.1, -0.05) is 20.8 Å². The Bertz CT molecular complexity index is 982. The first-order chi connectivity index (χ1) is 17.5. The van der Waals surface area contributed by atoms with Crippen molar-refractivity contribution in [3.63, 3.8) is 0 Å². The molecule has 1 aromatic rings. The maximum absolute atomic E-state index is 14.0. The van der Waals surface area contributed by atoms with Gasteiger partial charge in [0.1, 0.15) is 17.9 Å². The Morgan fingerprint density at radius 2 is 1.84 bits per heavy atom. The molecule has 3 fully saturated rings. The van der Waals surface area contributed by atoms with Gasteiger partial charge in [-0.15, -0.1) is 0 Å². The molecule has 0 aromatic heterocycles. The van der Waals surface area contributed by atoms with E-state index in [9.17, 15) is 18.4 Å². The van der Waals surface area contributed by atoms with Crippen LogP contribution in [0.2, 0.25) is 0 Å². The fourth-order valence-electron chi connectivity index (χ4n) is 5.80. The van der Waals surface area contributed by atoms with Crippen molar-refractivity contribution in [1.82, 2.24) is 20.4 Å². The number of fused-ring (bicyclic) bond motifs is 1. The van der Waals surface area contributed by atoms with Gasteiger partial charge in [0, 0.05) is 44.5 Å². The molecule has 1 aromatic carbocycles. The van der Waals surface area contributed by atoms with Crippen LogP contribution in [0.15, 0.2) is 18.2 Å². The Balaban J connectivity index is 1.61. The van der Waals surface area contributed by atoms with E-state index in [-0.39, 0.29) is 29.6 Å². The number of ether oxygens (including phenoxy) is 2. The summed E-state index contributed by atoms with van der Waals surface area (Å²) in [7, 11) is 1.70. The second-order valence-electron chi connectivity index (χ2n) is 11.5. The Morgan fingerprint density at radius 3 is 2.46 bits per heavy atom. The highest BCUT2D eigenvalue weighted by atomic mass is 19.2. The fourth-order valence-corrected chi connectivity index (χ4v) is 5.80. The zero-order valence-electron chi connectivity index (χ0n) is 22.4. The van der Waals surface area contributed by atoms with Crippen molar-refractivity contribution in [2.24, 2.45) is 5.41 Å². The molecule has 3 heterocycles. The number of nitrogens with one attached hydrogen (secondary N) is 2. The lowest BCUT2D eigenvalue weighted by atomic mass is 9.85. The Morgan fingerprint density at radius 1 is 1.14 bits per heavy atom. The first-order valence-corrected chi connectivity index (χ1v) is 13.2. The molecule has 3 saturated heterocycles. The molecule has 5 atom stereocenters. The van der Waals surface area contributed by atoms with E-state index >= 15 is 0 Å². The van der Waals surface area contributed by atoms with Crippen molar-refractivity contribution in [2.75, 3.05) is 33.4 Å². The van der Waals surface area contributed by atoms with Crippen molar-refractivity contribution >= 4 is 11.8 Å². The summed E-state index contributed by atoms with van der Waals surface area (Å²) in [4.78, 5) is 31.1. The van der Waals surface area contributed by atoms with Gasteiger partial charge in [0.25, 0.3) is 0 Å². The average Bonchev–Trinajstić information content (AvgIpc) is 3.45. The second-order valence-corrected chi connectivity index (χ2v) is 11.5. The molecule has 3 aliphatic heterocycles. The summed E-state index contributed by atoms with van der Waals surface area (Å²) in [5, 5.41) is 5.88. The average molecular weight is 523 g/mol. The van der Waals surface area contributed by atoms with E-state index in [0.717, 1.165) is 31.4 Å². The molecule has 0 radical (unpaired) electrons. The topological polar surface area (TPSA) is 83.1 Å². The third-order valence-electron chi connectivity index (χ3n) is 7.96. The predicted octanol–water partition coefficient (Wildman–Crippen LogP) is 2.32. The molecule has 4 rings (SSSR count). The van der Waals surface area contributed by atoms with Crippen LogP contribution < -0.4 is 15.4 Å². The number of halogens is 2. The summed E-state index contributed by atoms with van der Waals surface area (Å²) in [5.74, 6) is -2.06. The summed E-state index contributed by atoms with van der Waals surface area (Å²) in [6, 6.07) is 2.48. The molecule has 0 saturated carbocycles. The molecule has 2 amide bonds. The van der Waals surface area contributed by atoms with Crippen molar-refractivity contribution in [3.8, 4) is 5.75 Å². The van der Waals surface area contributed by atoms with E-state index in [4.69, 9.17) is 9.47 Å². The minimum Gasteiger partial charge on any atom is -0.487 e. The molecule has 0 spiro atoms. The van der Waals surface area contributed by atoms with E-state index in [1.165, 1.54) is 6.07 Å². The van der Waals surface area contributed by atoms with Crippen LogP contribution in [0.5, 0.6) is 5.75 Å². The molecule has 3 aliphatic rings. The first-order valence-electron chi connectivity index (χ1n) is 13.2. The van der Waals surface area contributed by atoms with Gasteiger partial charge in [0.15, 0.2) is 11.6 Å². The highest BCUT2D eigenvalue weighted by molar-refractivity contribution is 5.90. The molecule has 37 heavy (non-hydrogen) atoms. The number of carbonyl (C=O) groups excluding carboxylic acids is 2. The minimum absolute atomic E-state index is 0.0786. The van der Waals surface area contributed by atoms with Crippen LogP contribution in [0.4, 0.5) is 8.78 Å². The number of likely N-dealkylation sites (tertiary alicyclic amines) is 2. The standard InChI is InChI=1S/C27H40F2N4O4/c1-16(30-5)25(34)31-24(27(2,3)4)26(35)32-11-8-21-23(32)22(15-33(21)17-9-12-36-13-10-17)37-18-6-7-19(28)20(29)14-18/h6-7,14,16-17,21-24,30H,8-13,15H2,1-5H3,(H,31,34). The van der Waals surface area contributed by atoms with E-state index in [0.29, 0.717) is 32.3 Å². The Labute approximate surface area is 218 Å². The molecule has 0 bridgehead atoms. The molecule has 10 heteroatoms. The van der Waals surface area contributed by atoms with Crippen LogP contribution in [0.25, 0.3) is 0 Å². The maximum Gasteiger partial charge on any atom is 0.246 e. The van der Waals surface area contributed by atoms with Crippen molar-refractivity contribution in [2.45, 2.75) is 83.3 Å². The third kappa shape index (κ3) is 5.91. The lowest BCUT2D eigenvalue weighted by Gasteiger charge is -2.37. The molecule has 206 valence electrons. The van der Waals surface area contributed by atoms with Crippen LogP contribution >= 0.6 is 0 Å². The van der Waals surface area contributed by atoms with E-state index in [1.807, 2.05) is 25.7 Å². The van der Waals surface area contributed by atoms with Crippen LogP contribution in [0.1, 0.15) is 47.0 Å². The summed E-state index contributed by atoms with van der Waals surface area (Å²) < 4.78 is 39.3. The van der Waals surface area contributed by atoms with Gasteiger partial charge in [-0.05, 0) is 50.8 Å². The number of amides is 2. The highest BCUT2D eigenvalue weighted by Crippen LogP contribution is 2.38. The van der Waals surface area contributed by atoms with Gasteiger partial charge in [0.2, 0.25) is 11.8 Å². The highest BCUT2D eigenvalue weighted by Gasteiger charge is 2.54. The van der Waals surface area contributed by atoms with Crippen LogP contribution in [0.3, 0.4) is 0 Å². The summed E-state index contributed by atoms with van der Waals surface area (Å²) >= 11 is 0. The van der Waals surface area contributed by atoms with E-state index in [1.54, 1.807) is 14.0 Å². The van der Waals surface area contributed by atoms with Gasteiger partial charge >= 0.3 is 0 Å². The third-order valence-corrected chi connectivity index (χ3v) is 7.96. The normalized spacial score (nSPS) is 26.6. The second kappa shape index (κ2) is 11.2. The summed E-state index contributed by atoms with van der Waals surface area (Å²) in [6.45, 7) is 10.1. The van der Waals surface area contributed by atoms with Gasteiger partial charge in [-0.25, -0.2) is 8.78 Å². The molecule has 5 unspecified atom stereocenters. The monoisotopic (exact) mass is 522 g/mol. The summed E-state index contributed by atoms with van der Waals surface area (Å²) in [5.41, 5.74) is -0.520. The number of nitrogens with zero attached hydrogens (tertiary/aromatic N) is 2. The number of benzene rings is 1. The van der Waals surface area contributed by atoms with Crippen LogP contribution in [0, 0.1) is 17.0 Å². The quantitative estimate of drug-likeness (QED) is 0.572. The maximum atomic E-state index is 14.0. The number of likely N-dealkylation sites (N-methyl/N-ethyl adjacent to an activating group) is 1. The van der Waals surface area contributed by atoms with Crippen LogP contribution in [-0.4, -0.2) is 91.3 Å². The van der Waals surface area contributed by atoms with Crippen molar-refractivity contribution in [1.29, 1.82) is 0 Å². The van der Waals surface area contributed by atoms with Crippen LogP contribution in [-0.2, 0) is 14.3 Å². The zero-order valence-corrected chi connectivity index (χ0v) is 22.4. The lowest BCUT2D eigenvalue weighted by Crippen LogP contribution is -2.59. The Hall–Kier alpha value is -2.30. The molecular formula is C27H40F2N4O4. The van der Waals surface area contributed by atoms with Crippen molar-refractivity contribution < 1.29 is 27.8 Å². The van der Waals surface area contributed by atoms with Crippen molar-refractivity contribution in [3.05, 3.63) is 29.8 Å². The van der Waals surface area contributed by atoms with Gasteiger partial charge in [-0.2, -0.15) is 0 Å². The molecule has 2 N–H and O–H groups in total. The van der Waals surface area contributed by atoms with Gasteiger partial charge in [0.05, 0.1) is 12.1 Å². The first kappa shape index (κ1) is 27.7. The van der Waals surface area contributed by atoms with E-state index < -0.39 is 35.2 Å². The minimum atomic E-state index is -0.971. The number of carbonyl (C=O) groups is 2. The molecule has 0 aliphatic carbocycles. The smallest absolute Gasteiger partial charge is 0.246 e. The van der Waals surface area contributed by atoms with E-state index in [2.05, 4.69) is 15.5 Å². The predicted molar refractivity (Wildman–Crippen MR) is 135 cm³/mol. The number of hydrogen-bond donors (Lipinski definition) is 2. The lowest BCUT2D eigenvalue weighted by molar-refractivity contribution is -0.141. The SMILES string of the molecule is CNC(C)C(=O)NC(C(=O)N1CCC2C1C(Oc1ccc(F)c(F)c1)CN2C1CCOCC1)C(C)(C)C. The van der Waals surface area contributed by atoms with Gasteiger partial charge in [-0.3, -0.25) is 14.5 Å². The summed E-state index contributed by atoms with van der Waals surface area (Å²) in [6.07, 6.45) is 2.16. The fraction of sp³-hybridized carbons (Fsp3) is 0.704. The zero-order chi connectivity index (χ0) is 26.9. The number of rotatable bonds is 7. The Kier molecular flexibility index (Phi) is 8.40. The molecule has 8 nitrogen and oxygen atoms in total. The largest absolute Gasteiger partial charge is 0.487 e.